The molecule has 0 radical (unpaired) electrons. The Morgan fingerprint density at radius 1 is 0.388 bits per heavy atom. The lowest BCUT2D eigenvalue weighted by atomic mass is 9.93. The molecule has 0 aliphatic carbocycles. The van der Waals surface area contributed by atoms with Gasteiger partial charge in [-0.3, -0.25) is 0 Å². The molecule has 10 aromatic rings. The average molecular weight is 625 g/mol. The quantitative estimate of drug-likeness (QED) is 0.177. The van der Waals surface area contributed by atoms with Crippen LogP contribution in [0.1, 0.15) is 5.56 Å². The number of hydrogen-bond acceptors (Lipinski definition) is 1. The van der Waals surface area contributed by atoms with Crippen molar-refractivity contribution in [1.82, 2.24) is 4.57 Å². The van der Waals surface area contributed by atoms with Crippen molar-refractivity contribution in [2.75, 3.05) is 4.90 Å². The van der Waals surface area contributed by atoms with Crippen LogP contribution in [0.3, 0.4) is 0 Å². The van der Waals surface area contributed by atoms with Crippen LogP contribution in [-0.4, -0.2) is 4.57 Å². The molecule has 2 nitrogen and oxygen atoms in total. The minimum Gasteiger partial charge on any atom is -0.310 e. The molecular weight excluding hydrogens is 593 g/mol. The van der Waals surface area contributed by atoms with Crippen molar-refractivity contribution in [3.8, 4) is 5.69 Å². The standard InChI is InChI=1S/C47H32N2/c1-31-21-24-34(25-22-31)48(45-20-10-18-43-39-14-5-4-13-37(39)38-15-6-7-17-42(38)47(43)45)36-27-28-41-40-16-8-9-19-44(40)49(46(41)30-36)35-26-23-32-11-2-3-12-33(32)29-35/h2-30H,1H3. The Labute approximate surface area is 284 Å². The number of rotatable bonds is 4. The highest BCUT2D eigenvalue weighted by molar-refractivity contribution is 6.28. The molecule has 1 heterocycles. The first-order valence-corrected chi connectivity index (χ1v) is 16.9. The Morgan fingerprint density at radius 2 is 0.959 bits per heavy atom. The minimum atomic E-state index is 1.12. The van der Waals surface area contributed by atoms with E-state index in [-0.39, 0.29) is 0 Å². The van der Waals surface area contributed by atoms with E-state index >= 15 is 0 Å². The van der Waals surface area contributed by atoms with Crippen molar-refractivity contribution in [2.45, 2.75) is 6.92 Å². The monoisotopic (exact) mass is 624 g/mol. The average Bonchev–Trinajstić information content (AvgIpc) is 3.49. The number of hydrogen-bond donors (Lipinski definition) is 0. The minimum absolute atomic E-state index is 1.12. The van der Waals surface area contributed by atoms with Crippen molar-refractivity contribution in [2.24, 2.45) is 0 Å². The topological polar surface area (TPSA) is 8.17 Å². The number of fused-ring (bicyclic) bond motifs is 10. The fraction of sp³-hybridized carbons (Fsp3) is 0.0213. The summed E-state index contributed by atoms with van der Waals surface area (Å²) in [5, 5.41) is 12.6. The van der Waals surface area contributed by atoms with Gasteiger partial charge in [0.2, 0.25) is 0 Å². The van der Waals surface area contributed by atoms with Gasteiger partial charge in [0.05, 0.1) is 16.7 Å². The summed E-state index contributed by atoms with van der Waals surface area (Å²) in [4.78, 5) is 2.45. The summed E-state index contributed by atoms with van der Waals surface area (Å²) >= 11 is 0. The van der Waals surface area contributed by atoms with Crippen molar-refractivity contribution in [1.29, 1.82) is 0 Å². The Balaban J connectivity index is 1.30. The smallest absolute Gasteiger partial charge is 0.0561 e. The van der Waals surface area contributed by atoms with Crippen LogP contribution in [-0.2, 0) is 0 Å². The number of aromatic nitrogens is 1. The first-order valence-electron chi connectivity index (χ1n) is 16.9. The van der Waals surface area contributed by atoms with Crippen molar-refractivity contribution < 1.29 is 0 Å². The zero-order valence-electron chi connectivity index (χ0n) is 27.1. The third-order valence-electron chi connectivity index (χ3n) is 10.2. The van der Waals surface area contributed by atoms with Gasteiger partial charge in [0.15, 0.2) is 0 Å². The third kappa shape index (κ3) is 4.28. The van der Waals surface area contributed by atoms with Crippen LogP contribution in [0.25, 0.3) is 70.6 Å². The maximum atomic E-state index is 2.45. The van der Waals surface area contributed by atoms with Gasteiger partial charge in [-0.2, -0.15) is 0 Å². The maximum Gasteiger partial charge on any atom is 0.0561 e. The van der Waals surface area contributed by atoms with Crippen LogP contribution < -0.4 is 4.90 Å². The van der Waals surface area contributed by atoms with Gasteiger partial charge < -0.3 is 9.47 Å². The van der Waals surface area contributed by atoms with Gasteiger partial charge >= 0.3 is 0 Å². The highest BCUT2D eigenvalue weighted by atomic mass is 15.1. The third-order valence-corrected chi connectivity index (χ3v) is 10.2. The SMILES string of the molecule is Cc1ccc(N(c2ccc3c4ccccc4n(-c4ccc5ccccc5c4)c3c2)c2cccc3c4ccccc4c4ccccc4c23)cc1. The van der Waals surface area contributed by atoms with E-state index in [0.717, 1.165) is 22.7 Å². The first kappa shape index (κ1) is 27.7. The van der Waals surface area contributed by atoms with E-state index in [9.17, 15) is 0 Å². The second kappa shape index (κ2) is 10.8. The lowest BCUT2D eigenvalue weighted by Crippen LogP contribution is -2.11. The molecular formula is C47H32N2. The lowest BCUT2D eigenvalue weighted by Gasteiger charge is -2.28. The maximum absolute atomic E-state index is 2.45. The predicted octanol–water partition coefficient (Wildman–Crippen LogP) is 13.2. The van der Waals surface area contributed by atoms with E-state index in [0.29, 0.717) is 0 Å². The number of para-hydroxylation sites is 1. The second-order valence-corrected chi connectivity index (χ2v) is 13.0. The fourth-order valence-corrected chi connectivity index (χ4v) is 7.94. The summed E-state index contributed by atoms with van der Waals surface area (Å²) in [5.41, 5.74) is 8.19. The van der Waals surface area contributed by atoms with Crippen molar-refractivity contribution in [3.63, 3.8) is 0 Å². The van der Waals surface area contributed by atoms with Gasteiger partial charge in [-0.05, 0) is 93.2 Å². The van der Waals surface area contributed by atoms with E-state index in [1.807, 2.05) is 0 Å². The van der Waals surface area contributed by atoms with Gasteiger partial charge in [0.1, 0.15) is 0 Å². The van der Waals surface area contributed by atoms with Gasteiger partial charge in [0.25, 0.3) is 0 Å². The largest absolute Gasteiger partial charge is 0.310 e. The molecule has 0 bridgehead atoms. The number of benzene rings is 9. The highest BCUT2D eigenvalue weighted by Gasteiger charge is 2.21. The van der Waals surface area contributed by atoms with Gasteiger partial charge in [-0.15, -0.1) is 0 Å². The Kier molecular flexibility index (Phi) is 6.13. The van der Waals surface area contributed by atoms with Gasteiger partial charge in [-0.25, -0.2) is 0 Å². The van der Waals surface area contributed by atoms with Crippen LogP contribution in [0, 0.1) is 6.92 Å². The summed E-state index contributed by atoms with van der Waals surface area (Å²) in [5.74, 6) is 0. The lowest BCUT2D eigenvalue weighted by molar-refractivity contribution is 1.18. The zero-order valence-corrected chi connectivity index (χ0v) is 27.1. The Hall–Kier alpha value is -6.38. The summed E-state index contributed by atoms with van der Waals surface area (Å²) < 4.78 is 2.43. The Bertz CT molecular complexity index is 2850. The summed E-state index contributed by atoms with van der Waals surface area (Å²) in [6.07, 6.45) is 0. The molecule has 2 heteroatoms. The molecule has 0 atom stereocenters. The molecule has 0 N–H and O–H groups in total. The van der Waals surface area contributed by atoms with E-state index in [2.05, 4.69) is 192 Å². The number of aryl methyl sites for hydroxylation is 1. The molecule has 0 saturated carbocycles. The van der Waals surface area contributed by atoms with Crippen LogP contribution in [0.15, 0.2) is 176 Å². The first-order chi connectivity index (χ1) is 24.2. The molecule has 0 unspecified atom stereocenters. The summed E-state index contributed by atoms with van der Waals surface area (Å²) in [6, 6.07) is 64.5. The highest BCUT2D eigenvalue weighted by Crippen LogP contribution is 2.46. The summed E-state index contributed by atoms with van der Waals surface area (Å²) in [6.45, 7) is 2.15. The second-order valence-electron chi connectivity index (χ2n) is 13.0. The zero-order chi connectivity index (χ0) is 32.5. The van der Waals surface area contributed by atoms with Gasteiger partial charge in [-0.1, -0.05) is 133 Å². The van der Waals surface area contributed by atoms with Crippen LogP contribution in [0.2, 0.25) is 0 Å². The molecule has 230 valence electrons. The summed E-state index contributed by atoms with van der Waals surface area (Å²) in [7, 11) is 0. The van der Waals surface area contributed by atoms with Gasteiger partial charge in [0, 0.05) is 33.2 Å². The van der Waals surface area contributed by atoms with Crippen LogP contribution >= 0.6 is 0 Å². The molecule has 0 saturated heterocycles. The van der Waals surface area contributed by atoms with Crippen LogP contribution in [0.4, 0.5) is 17.1 Å². The molecule has 1 aromatic heterocycles. The molecule has 0 aliphatic rings. The molecule has 0 aliphatic heterocycles. The molecule has 0 spiro atoms. The van der Waals surface area contributed by atoms with E-state index in [1.165, 1.54) is 70.5 Å². The number of anilines is 3. The predicted molar refractivity (Wildman–Crippen MR) is 210 cm³/mol. The van der Waals surface area contributed by atoms with E-state index < -0.39 is 0 Å². The van der Waals surface area contributed by atoms with Crippen molar-refractivity contribution in [3.05, 3.63) is 181 Å². The molecule has 49 heavy (non-hydrogen) atoms. The molecule has 0 fully saturated rings. The normalized spacial score (nSPS) is 11.8. The van der Waals surface area contributed by atoms with E-state index in [1.54, 1.807) is 0 Å². The van der Waals surface area contributed by atoms with E-state index in [4.69, 9.17) is 0 Å². The fourth-order valence-electron chi connectivity index (χ4n) is 7.94. The molecule has 9 aromatic carbocycles. The molecule has 10 rings (SSSR count). The van der Waals surface area contributed by atoms with Crippen molar-refractivity contribution >= 4 is 82.0 Å². The molecule has 0 amide bonds. The number of nitrogens with zero attached hydrogens (tertiary/aromatic N) is 2. The Morgan fingerprint density at radius 3 is 1.71 bits per heavy atom. The van der Waals surface area contributed by atoms with Crippen LogP contribution in [0.5, 0.6) is 0 Å².